The van der Waals surface area contributed by atoms with Crippen molar-refractivity contribution in [1.82, 2.24) is 0 Å². The van der Waals surface area contributed by atoms with Crippen molar-refractivity contribution in [3.05, 3.63) is 122 Å². The summed E-state index contributed by atoms with van der Waals surface area (Å²) in [6.07, 6.45) is 67.4. The van der Waals surface area contributed by atoms with Gasteiger partial charge in [-0.25, -0.2) is 4.57 Å². The predicted molar refractivity (Wildman–Crippen MR) is 306 cm³/mol. The van der Waals surface area contributed by atoms with Crippen molar-refractivity contribution in [2.75, 3.05) is 26.4 Å². The fourth-order valence-corrected chi connectivity index (χ4v) is 7.88. The number of ether oxygens (including phenoxy) is 3. The molecule has 0 aromatic heterocycles. The summed E-state index contributed by atoms with van der Waals surface area (Å²) in [5, 5.41) is 9.79. The minimum absolute atomic E-state index is 0.0477. The van der Waals surface area contributed by atoms with E-state index in [1.165, 1.54) is 38.5 Å². The van der Waals surface area contributed by atoms with Crippen molar-refractivity contribution in [3.63, 3.8) is 0 Å². The van der Waals surface area contributed by atoms with E-state index in [0.29, 0.717) is 19.3 Å². The first-order chi connectivity index (χ1) is 36.2. The van der Waals surface area contributed by atoms with E-state index in [1.807, 2.05) is 18.2 Å². The molecule has 0 radical (unpaired) electrons. The van der Waals surface area contributed by atoms with Crippen LogP contribution >= 0.6 is 7.82 Å². The molecule has 0 aliphatic heterocycles. The molecule has 0 amide bonds. The highest BCUT2D eigenvalue weighted by Crippen LogP contribution is 2.43. The normalized spacial score (nSPS) is 14.3. The molecule has 0 aromatic carbocycles. The monoisotopic (exact) mass is 1050 g/mol. The van der Waals surface area contributed by atoms with Crippen LogP contribution in [0.1, 0.15) is 213 Å². The van der Waals surface area contributed by atoms with Crippen LogP contribution < -0.4 is 0 Å². The van der Waals surface area contributed by atoms with E-state index in [2.05, 4.69) is 124 Å². The fourth-order valence-electron chi connectivity index (χ4n) is 7.10. The van der Waals surface area contributed by atoms with Crippen molar-refractivity contribution in [1.29, 1.82) is 0 Å². The quantitative estimate of drug-likeness (QED) is 0.0197. The summed E-state index contributed by atoms with van der Waals surface area (Å²) in [7, 11) is -4.78. The van der Waals surface area contributed by atoms with Crippen molar-refractivity contribution in [3.8, 4) is 0 Å². The van der Waals surface area contributed by atoms with Crippen LogP contribution in [-0.4, -0.2) is 66.5 Å². The van der Waals surface area contributed by atoms with Gasteiger partial charge in [0.25, 0.3) is 0 Å². The number of hydrogen-bond donors (Lipinski definition) is 2. The van der Waals surface area contributed by atoms with Crippen LogP contribution in [0.2, 0.25) is 0 Å². The Kier molecular flexibility index (Phi) is 52.1. The van der Waals surface area contributed by atoms with E-state index >= 15 is 0 Å². The number of hydrogen-bond acceptors (Lipinski definition) is 10. The van der Waals surface area contributed by atoms with Gasteiger partial charge in [0, 0.05) is 19.3 Å². The lowest BCUT2D eigenvalue weighted by Gasteiger charge is -2.21. The third-order valence-electron chi connectivity index (χ3n) is 11.4. The number of phosphoric acid groups is 1. The number of allylic oxidation sites excluding steroid dienone is 20. The van der Waals surface area contributed by atoms with Gasteiger partial charge in [0.1, 0.15) is 12.7 Å². The third-order valence-corrected chi connectivity index (χ3v) is 12.3. The molecular weight excluding hydrogens is 952 g/mol. The highest BCUT2D eigenvalue weighted by Gasteiger charge is 2.28. The molecule has 0 saturated carbocycles. The van der Waals surface area contributed by atoms with Crippen LogP contribution in [-0.2, 0) is 42.2 Å². The first-order valence-corrected chi connectivity index (χ1v) is 29.9. The van der Waals surface area contributed by atoms with E-state index in [-0.39, 0.29) is 25.9 Å². The van der Waals surface area contributed by atoms with Gasteiger partial charge in [0.05, 0.1) is 19.8 Å². The van der Waals surface area contributed by atoms with Crippen molar-refractivity contribution < 1.29 is 52.2 Å². The molecule has 0 aliphatic rings. The van der Waals surface area contributed by atoms with Crippen LogP contribution in [0, 0.1) is 0 Å². The SMILES string of the molecule is CC/C=C\C/C=C\C/C=C\C/C=C\CCCCCCC(=O)OC(COC(=O)CCCCCCCCC/C=C\C/C=C\CCCCC)COP(=O)(O)OCC(CO)OC(=O)CC/C=C\C/C=C\C/C=C\C/C=C\CC. The molecule has 0 aromatic rings. The van der Waals surface area contributed by atoms with Crippen molar-refractivity contribution in [2.24, 2.45) is 0 Å². The number of aliphatic hydroxyl groups is 1. The highest BCUT2D eigenvalue weighted by atomic mass is 31.2. The lowest BCUT2D eigenvalue weighted by atomic mass is 10.1. The largest absolute Gasteiger partial charge is 0.472 e. The molecule has 3 unspecified atom stereocenters. The molecule has 3 atom stereocenters. The summed E-state index contributed by atoms with van der Waals surface area (Å²) in [4.78, 5) is 48.5. The van der Waals surface area contributed by atoms with Gasteiger partial charge in [-0.2, -0.15) is 0 Å². The Balaban J connectivity index is 4.86. The molecule has 0 spiro atoms. The summed E-state index contributed by atoms with van der Waals surface area (Å²) in [5.41, 5.74) is 0. The zero-order valence-electron chi connectivity index (χ0n) is 46.3. The minimum Gasteiger partial charge on any atom is -0.462 e. The van der Waals surface area contributed by atoms with E-state index in [0.717, 1.165) is 116 Å². The number of aliphatic hydroxyl groups excluding tert-OH is 1. The second kappa shape index (κ2) is 55.1. The van der Waals surface area contributed by atoms with Gasteiger partial charge in [0.15, 0.2) is 6.10 Å². The maximum absolute atomic E-state index is 12.9. The Labute approximate surface area is 449 Å². The molecule has 74 heavy (non-hydrogen) atoms. The number of esters is 3. The zero-order valence-corrected chi connectivity index (χ0v) is 47.2. The molecular formula is C62H101O11P. The van der Waals surface area contributed by atoms with Gasteiger partial charge >= 0.3 is 25.7 Å². The van der Waals surface area contributed by atoms with Gasteiger partial charge < -0.3 is 24.2 Å². The summed E-state index contributed by atoms with van der Waals surface area (Å²) in [6.45, 7) is 4.25. The molecule has 0 bridgehead atoms. The van der Waals surface area contributed by atoms with E-state index in [9.17, 15) is 28.9 Å². The molecule has 420 valence electrons. The van der Waals surface area contributed by atoms with E-state index in [4.69, 9.17) is 23.3 Å². The standard InChI is InChI=1S/C62H101O11P/c1-4-7-10-13-16-19-22-25-27-29-31-34-36-39-42-45-48-51-60(64)69-55-59(73-62(66)53-50-47-44-41-38-35-32-30-28-26-23-20-17-14-11-8-5-2)57-71-74(67,68)70-56-58(54-63)72-61(65)52-49-46-43-40-37-33-24-21-18-15-12-9-6-3/h8-9,11-12,16-21,25-28,32-33,35,37,43,46,58-59,63H,4-7,10,13-15,22-24,29-31,34,36,38-42,44-45,47-57H2,1-3H3,(H,67,68)/b11-8-,12-9-,19-16-,20-17-,21-18-,27-25-,28-26-,35-32-,37-33-,46-43-. The number of unbranched alkanes of at least 4 members (excludes halogenated alkanes) is 14. The van der Waals surface area contributed by atoms with Gasteiger partial charge in [-0.05, 0) is 116 Å². The van der Waals surface area contributed by atoms with Crippen LogP contribution in [0.5, 0.6) is 0 Å². The second-order valence-corrected chi connectivity index (χ2v) is 19.8. The van der Waals surface area contributed by atoms with E-state index in [1.54, 1.807) is 0 Å². The predicted octanol–water partition coefficient (Wildman–Crippen LogP) is 16.8. The molecule has 0 heterocycles. The lowest BCUT2D eigenvalue weighted by Crippen LogP contribution is -2.30. The number of carbonyl (C=O) groups is 3. The molecule has 11 nitrogen and oxygen atoms in total. The Morgan fingerprint density at radius 3 is 1.16 bits per heavy atom. The Bertz CT molecular complexity index is 1700. The van der Waals surface area contributed by atoms with Crippen LogP contribution in [0.3, 0.4) is 0 Å². The number of phosphoric ester groups is 1. The van der Waals surface area contributed by atoms with Crippen LogP contribution in [0.15, 0.2) is 122 Å². The third kappa shape index (κ3) is 52.7. The minimum atomic E-state index is -4.78. The van der Waals surface area contributed by atoms with Gasteiger partial charge in [0.2, 0.25) is 0 Å². The molecule has 2 N–H and O–H groups in total. The lowest BCUT2D eigenvalue weighted by molar-refractivity contribution is -0.161. The van der Waals surface area contributed by atoms with Gasteiger partial charge in [-0.1, -0.05) is 200 Å². The van der Waals surface area contributed by atoms with Crippen LogP contribution in [0.25, 0.3) is 0 Å². The molecule has 0 aliphatic carbocycles. The summed E-state index contributed by atoms with van der Waals surface area (Å²) in [6, 6.07) is 0. The number of carbonyl (C=O) groups excluding carboxylic acids is 3. The van der Waals surface area contributed by atoms with Gasteiger partial charge in [-0.3, -0.25) is 23.4 Å². The highest BCUT2D eigenvalue weighted by molar-refractivity contribution is 7.47. The Morgan fingerprint density at radius 1 is 0.392 bits per heavy atom. The fraction of sp³-hybridized carbons (Fsp3) is 0.629. The summed E-state index contributed by atoms with van der Waals surface area (Å²) >= 11 is 0. The number of rotatable bonds is 51. The molecule has 12 heteroatoms. The van der Waals surface area contributed by atoms with Crippen LogP contribution in [0.4, 0.5) is 0 Å². The summed E-state index contributed by atoms with van der Waals surface area (Å²) < 4.78 is 39.4. The molecule has 0 fully saturated rings. The second-order valence-electron chi connectivity index (χ2n) is 18.3. The smallest absolute Gasteiger partial charge is 0.462 e. The average Bonchev–Trinajstić information content (AvgIpc) is 3.39. The molecule has 0 saturated heterocycles. The first kappa shape index (κ1) is 69.9. The Morgan fingerprint density at radius 2 is 0.730 bits per heavy atom. The van der Waals surface area contributed by atoms with E-state index < -0.39 is 57.8 Å². The maximum Gasteiger partial charge on any atom is 0.472 e. The van der Waals surface area contributed by atoms with Crippen molar-refractivity contribution in [2.45, 2.75) is 226 Å². The topological polar surface area (TPSA) is 155 Å². The maximum atomic E-state index is 12.9. The van der Waals surface area contributed by atoms with Gasteiger partial charge in [-0.15, -0.1) is 0 Å². The molecule has 0 rings (SSSR count). The Hall–Kier alpha value is -4.12. The van der Waals surface area contributed by atoms with Crippen molar-refractivity contribution >= 4 is 25.7 Å². The first-order valence-electron chi connectivity index (χ1n) is 28.4. The zero-order chi connectivity index (χ0) is 54.1. The summed E-state index contributed by atoms with van der Waals surface area (Å²) in [5.74, 6) is -1.60. The average molecular weight is 1050 g/mol.